The zero-order chi connectivity index (χ0) is 26.8. The maximum atomic E-state index is 13.4. The minimum absolute atomic E-state index is 0.0209. The first-order valence-electron chi connectivity index (χ1n) is 10.9. The normalized spacial score (nSPS) is 12.1. The fraction of sp³-hybridized carbons (Fsp3) is 0.154. The average Bonchev–Trinajstić information content (AvgIpc) is 2.87. The van der Waals surface area contributed by atoms with Gasteiger partial charge in [-0.2, -0.15) is 17.5 Å². The fourth-order valence-corrected chi connectivity index (χ4v) is 5.14. The van der Waals surface area contributed by atoms with Crippen LogP contribution in [0.3, 0.4) is 0 Å². The Bertz CT molecular complexity index is 1570. The summed E-state index contributed by atoms with van der Waals surface area (Å²) in [7, 11) is -2.60. The summed E-state index contributed by atoms with van der Waals surface area (Å²) in [6.07, 6.45) is -3.09. The molecule has 37 heavy (non-hydrogen) atoms. The summed E-state index contributed by atoms with van der Waals surface area (Å²) in [6, 6.07) is 17.2. The van der Waals surface area contributed by atoms with Gasteiger partial charge in [0.15, 0.2) is 6.61 Å². The van der Waals surface area contributed by atoms with Crippen molar-refractivity contribution in [2.45, 2.75) is 17.6 Å². The van der Waals surface area contributed by atoms with E-state index in [2.05, 4.69) is 4.98 Å². The molecule has 0 aliphatic rings. The van der Waals surface area contributed by atoms with Crippen LogP contribution in [0, 0.1) is 0 Å². The SMILES string of the molecule is CN(Cc1ccc(OCC(=O)O)c(-c2cccc(C(F)(F)F)c2)c1)S(=O)(=O)c1cccc2cccnc12. The fourth-order valence-electron chi connectivity index (χ4n) is 3.82. The smallest absolute Gasteiger partial charge is 0.416 e. The first kappa shape index (κ1) is 26.1. The number of pyridine rings is 1. The lowest BCUT2D eigenvalue weighted by Gasteiger charge is -2.20. The molecule has 1 aromatic heterocycles. The number of hydrogen-bond donors (Lipinski definition) is 1. The number of rotatable bonds is 8. The van der Waals surface area contributed by atoms with Crippen LogP contribution in [0.2, 0.25) is 0 Å². The molecule has 4 rings (SSSR count). The van der Waals surface area contributed by atoms with Gasteiger partial charge in [-0.3, -0.25) is 4.98 Å². The molecule has 11 heteroatoms. The molecule has 0 amide bonds. The number of halogens is 3. The lowest BCUT2D eigenvalue weighted by atomic mass is 9.99. The van der Waals surface area contributed by atoms with Gasteiger partial charge in [-0.15, -0.1) is 0 Å². The van der Waals surface area contributed by atoms with Gasteiger partial charge in [0.2, 0.25) is 10.0 Å². The number of para-hydroxylation sites is 1. The Balaban J connectivity index is 1.72. The number of nitrogens with zero attached hydrogens (tertiary/aromatic N) is 2. The molecular weight excluding hydrogens is 509 g/mol. The van der Waals surface area contributed by atoms with Crippen molar-refractivity contribution in [2.75, 3.05) is 13.7 Å². The van der Waals surface area contributed by atoms with Crippen molar-refractivity contribution in [3.63, 3.8) is 0 Å². The first-order chi connectivity index (χ1) is 17.5. The number of carboxylic acid groups (broad SMARTS) is 1. The second kappa shape index (κ2) is 10.2. The maximum absolute atomic E-state index is 13.4. The zero-order valence-electron chi connectivity index (χ0n) is 19.4. The number of aromatic nitrogens is 1. The Morgan fingerprint density at radius 3 is 2.49 bits per heavy atom. The average molecular weight is 531 g/mol. The Kier molecular flexibility index (Phi) is 7.19. The molecule has 7 nitrogen and oxygen atoms in total. The van der Waals surface area contributed by atoms with E-state index in [0.29, 0.717) is 16.5 Å². The molecule has 0 aliphatic carbocycles. The van der Waals surface area contributed by atoms with Crippen molar-refractivity contribution >= 4 is 26.9 Å². The number of carboxylic acids is 1. The lowest BCUT2D eigenvalue weighted by molar-refractivity contribution is -0.139. The highest BCUT2D eigenvalue weighted by molar-refractivity contribution is 7.89. The number of benzene rings is 3. The predicted octanol–water partition coefficient (Wildman–Crippen LogP) is 5.20. The molecular formula is C26H21F3N2O5S. The third-order valence-corrected chi connectivity index (χ3v) is 7.42. The summed E-state index contributed by atoms with van der Waals surface area (Å²) in [5, 5.41) is 9.64. The zero-order valence-corrected chi connectivity index (χ0v) is 20.3. The predicted molar refractivity (Wildman–Crippen MR) is 130 cm³/mol. The van der Waals surface area contributed by atoms with Crippen molar-refractivity contribution in [2.24, 2.45) is 0 Å². The van der Waals surface area contributed by atoms with Crippen LogP contribution < -0.4 is 4.74 Å². The quantitative estimate of drug-likeness (QED) is 0.336. The Morgan fingerprint density at radius 2 is 1.76 bits per heavy atom. The second-order valence-electron chi connectivity index (χ2n) is 8.18. The molecule has 0 unspecified atom stereocenters. The number of ether oxygens (including phenoxy) is 1. The monoisotopic (exact) mass is 530 g/mol. The Morgan fingerprint density at radius 1 is 1.03 bits per heavy atom. The van der Waals surface area contributed by atoms with Gasteiger partial charge in [-0.25, -0.2) is 13.2 Å². The molecule has 3 aromatic carbocycles. The van der Waals surface area contributed by atoms with Crippen LogP contribution in [-0.2, 0) is 27.5 Å². The highest BCUT2D eigenvalue weighted by Crippen LogP contribution is 2.36. The van der Waals surface area contributed by atoms with Crippen molar-refractivity contribution in [1.82, 2.24) is 9.29 Å². The van der Waals surface area contributed by atoms with E-state index in [1.807, 2.05) is 0 Å². The van der Waals surface area contributed by atoms with Crippen molar-refractivity contribution < 1.29 is 36.2 Å². The largest absolute Gasteiger partial charge is 0.481 e. The first-order valence-corrected chi connectivity index (χ1v) is 12.4. The van der Waals surface area contributed by atoms with Crippen LogP contribution >= 0.6 is 0 Å². The van der Waals surface area contributed by atoms with Gasteiger partial charge < -0.3 is 9.84 Å². The number of sulfonamides is 1. The van der Waals surface area contributed by atoms with Gasteiger partial charge >= 0.3 is 12.1 Å². The van der Waals surface area contributed by atoms with Crippen molar-refractivity contribution in [1.29, 1.82) is 0 Å². The van der Waals surface area contributed by atoms with E-state index in [1.54, 1.807) is 24.3 Å². The Hall–Kier alpha value is -3.96. The highest BCUT2D eigenvalue weighted by Gasteiger charge is 2.31. The maximum Gasteiger partial charge on any atom is 0.416 e. The molecule has 0 spiro atoms. The number of alkyl halides is 3. The molecule has 0 saturated heterocycles. The van der Waals surface area contributed by atoms with Crippen LogP contribution in [0.4, 0.5) is 13.2 Å². The molecule has 1 heterocycles. The molecule has 1 N–H and O–H groups in total. The van der Waals surface area contributed by atoms with Gasteiger partial charge in [-0.1, -0.05) is 36.4 Å². The van der Waals surface area contributed by atoms with Crippen LogP contribution in [0.25, 0.3) is 22.0 Å². The van der Waals surface area contributed by atoms with Crippen LogP contribution in [0.5, 0.6) is 5.75 Å². The van der Waals surface area contributed by atoms with E-state index < -0.39 is 34.3 Å². The van der Waals surface area contributed by atoms with Crippen LogP contribution in [0.15, 0.2) is 83.9 Å². The molecule has 4 aromatic rings. The van der Waals surface area contributed by atoms with Gasteiger partial charge in [0.1, 0.15) is 10.6 Å². The molecule has 0 fully saturated rings. The molecule has 0 atom stereocenters. The minimum Gasteiger partial charge on any atom is -0.481 e. The summed E-state index contributed by atoms with van der Waals surface area (Å²) >= 11 is 0. The second-order valence-corrected chi connectivity index (χ2v) is 10.2. The molecule has 0 bridgehead atoms. The number of fused-ring (bicyclic) bond motifs is 1. The lowest BCUT2D eigenvalue weighted by Crippen LogP contribution is -2.26. The highest BCUT2D eigenvalue weighted by atomic mass is 32.2. The summed E-state index contributed by atoms with van der Waals surface area (Å²) in [5.41, 5.74) is 0.222. The molecule has 0 radical (unpaired) electrons. The number of aliphatic carboxylic acids is 1. The van der Waals surface area contributed by atoms with Gasteiger partial charge in [0.25, 0.3) is 0 Å². The summed E-state index contributed by atoms with van der Waals surface area (Å²) in [5.74, 6) is -1.21. The van der Waals surface area contributed by atoms with E-state index in [0.717, 1.165) is 16.4 Å². The van der Waals surface area contributed by atoms with E-state index in [9.17, 15) is 26.4 Å². The molecule has 0 saturated carbocycles. The number of carbonyl (C=O) groups is 1. The van der Waals surface area contributed by atoms with E-state index in [-0.39, 0.29) is 28.3 Å². The van der Waals surface area contributed by atoms with Crippen LogP contribution in [-0.4, -0.2) is 42.4 Å². The summed E-state index contributed by atoms with van der Waals surface area (Å²) < 4.78 is 73.1. The third kappa shape index (κ3) is 5.73. The minimum atomic E-state index is -4.59. The summed E-state index contributed by atoms with van der Waals surface area (Å²) in [6.45, 7) is -0.815. The number of hydrogen-bond acceptors (Lipinski definition) is 5. The molecule has 192 valence electrons. The van der Waals surface area contributed by atoms with Crippen LogP contribution in [0.1, 0.15) is 11.1 Å². The summed E-state index contributed by atoms with van der Waals surface area (Å²) in [4.78, 5) is 15.2. The van der Waals surface area contributed by atoms with E-state index in [4.69, 9.17) is 9.84 Å². The van der Waals surface area contributed by atoms with Gasteiger partial charge in [-0.05, 0) is 47.5 Å². The topological polar surface area (TPSA) is 96.8 Å². The Labute approximate surface area is 210 Å². The standard InChI is InChI=1S/C26H21F3N2O5S/c1-31(37(34,35)23-9-3-5-18-7-4-12-30-25(18)23)15-17-10-11-22(36-16-24(32)33)21(13-17)19-6-2-8-20(14-19)26(27,28)29/h2-14H,15-16H2,1H3,(H,32,33). The van der Waals surface area contributed by atoms with E-state index >= 15 is 0 Å². The van der Waals surface area contributed by atoms with Crippen molar-refractivity contribution in [3.8, 4) is 16.9 Å². The van der Waals surface area contributed by atoms with Crippen molar-refractivity contribution in [3.05, 3.63) is 90.1 Å². The van der Waals surface area contributed by atoms with Gasteiger partial charge in [0.05, 0.1) is 11.1 Å². The van der Waals surface area contributed by atoms with Gasteiger partial charge in [0, 0.05) is 30.7 Å². The molecule has 0 aliphatic heterocycles. The third-order valence-electron chi connectivity index (χ3n) is 5.59. The van der Waals surface area contributed by atoms with E-state index in [1.165, 1.54) is 49.6 Å².